The van der Waals surface area contributed by atoms with Crippen molar-refractivity contribution in [2.45, 2.75) is 94.4 Å². The molecule has 1 unspecified atom stereocenters. The summed E-state index contributed by atoms with van der Waals surface area (Å²) in [7, 11) is 0. The minimum Gasteiger partial charge on any atom is -0.393 e. The zero-order valence-electron chi connectivity index (χ0n) is 27.0. The van der Waals surface area contributed by atoms with Gasteiger partial charge in [0.2, 0.25) is 11.8 Å². The zero-order chi connectivity index (χ0) is 33.4. The van der Waals surface area contributed by atoms with Crippen LogP contribution in [-0.2, 0) is 9.59 Å². The van der Waals surface area contributed by atoms with E-state index in [1.807, 2.05) is 12.4 Å². The van der Waals surface area contributed by atoms with Gasteiger partial charge in [0.15, 0.2) is 0 Å². The molecule has 0 spiro atoms. The van der Waals surface area contributed by atoms with E-state index in [4.69, 9.17) is 15.2 Å². The predicted molar refractivity (Wildman–Crippen MR) is 178 cm³/mol. The highest BCUT2D eigenvalue weighted by Crippen LogP contribution is 2.46. The SMILES string of the molecule is O=C1CCC(N2C(=O)c3ccc(NCC4CC(n5cc(-c6cc7c(cn6)cnn7C6CCC(O)CC6)c(C6CC6)n5)C4)cc3C2=O)C(=O)N1. The first-order chi connectivity index (χ1) is 23.8. The summed E-state index contributed by atoms with van der Waals surface area (Å²) in [6.45, 7) is 0.721. The van der Waals surface area contributed by atoms with Gasteiger partial charge in [0.05, 0.1) is 52.4 Å². The second kappa shape index (κ2) is 11.6. The van der Waals surface area contributed by atoms with Crippen LogP contribution in [0.15, 0.2) is 42.9 Å². The Hall–Kier alpha value is -4.91. The van der Waals surface area contributed by atoms with Crippen molar-refractivity contribution >= 4 is 40.2 Å². The monoisotopic (exact) mass is 662 g/mol. The Balaban J connectivity index is 0.863. The molecule has 5 aliphatic rings. The van der Waals surface area contributed by atoms with E-state index in [0.717, 1.165) is 96.4 Å². The fourth-order valence-electron chi connectivity index (χ4n) is 8.06. The number of carbonyl (C=O) groups is 4. The first-order valence-electron chi connectivity index (χ1n) is 17.5. The molecule has 0 bridgehead atoms. The zero-order valence-corrected chi connectivity index (χ0v) is 27.0. The highest BCUT2D eigenvalue weighted by atomic mass is 16.3. The van der Waals surface area contributed by atoms with Crippen molar-refractivity contribution < 1.29 is 24.3 Å². The number of rotatable bonds is 8. The summed E-state index contributed by atoms with van der Waals surface area (Å²) in [4.78, 5) is 56.0. The lowest BCUT2D eigenvalue weighted by Crippen LogP contribution is -2.54. The van der Waals surface area contributed by atoms with Crippen LogP contribution in [0.1, 0.15) is 109 Å². The Morgan fingerprint density at radius 2 is 1.67 bits per heavy atom. The fourth-order valence-corrected chi connectivity index (χ4v) is 8.06. The van der Waals surface area contributed by atoms with Crippen molar-refractivity contribution in [3.05, 3.63) is 59.7 Å². The minimum absolute atomic E-state index is 0.0905. The number of imide groups is 2. The molecule has 4 amide bonds. The van der Waals surface area contributed by atoms with Crippen molar-refractivity contribution in [2.75, 3.05) is 11.9 Å². The van der Waals surface area contributed by atoms with Crippen LogP contribution in [0.3, 0.4) is 0 Å². The summed E-state index contributed by atoms with van der Waals surface area (Å²) in [5.41, 5.74) is 5.53. The summed E-state index contributed by atoms with van der Waals surface area (Å²) >= 11 is 0. The summed E-state index contributed by atoms with van der Waals surface area (Å²) in [5, 5.41) is 26.5. The summed E-state index contributed by atoms with van der Waals surface area (Å²) in [5.74, 6) is -1.12. The number of piperidine rings is 1. The summed E-state index contributed by atoms with van der Waals surface area (Å²) in [6.07, 6.45) is 13.7. The molecule has 13 nitrogen and oxygen atoms in total. The molecule has 3 aliphatic carbocycles. The lowest BCUT2D eigenvalue weighted by Gasteiger charge is -2.35. The number of fused-ring (bicyclic) bond motifs is 2. The van der Waals surface area contributed by atoms with Crippen molar-refractivity contribution in [1.82, 2.24) is 34.8 Å². The number of anilines is 1. The molecule has 1 atom stereocenters. The molecule has 1 aromatic carbocycles. The Labute approximate surface area is 282 Å². The molecule has 4 aromatic rings. The van der Waals surface area contributed by atoms with E-state index in [0.29, 0.717) is 17.9 Å². The number of pyridine rings is 1. The summed E-state index contributed by atoms with van der Waals surface area (Å²) < 4.78 is 4.26. The topological polar surface area (TPSA) is 164 Å². The molecule has 4 fully saturated rings. The first kappa shape index (κ1) is 30.2. The van der Waals surface area contributed by atoms with Gasteiger partial charge in [-0.1, -0.05) is 0 Å². The maximum absolute atomic E-state index is 13.2. The minimum atomic E-state index is -0.976. The van der Waals surface area contributed by atoms with Gasteiger partial charge in [-0.05, 0) is 88.0 Å². The number of nitrogens with zero attached hydrogens (tertiary/aromatic N) is 6. The van der Waals surface area contributed by atoms with Crippen LogP contribution in [0.4, 0.5) is 5.69 Å². The van der Waals surface area contributed by atoms with E-state index in [2.05, 4.69) is 32.3 Å². The normalized spacial score (nSPS) is 27.0. The number of aliphatic hydroxyl groups excluding tert-OH is 1. The van der Waals surface area contributed by atoms with Crippen molar-refractivity contribution in [1.29, 1.82) is 0 Å². The van der Waals surface area contributed by atoms with E-state index in [1.54, 1.807) is 18.2 Å². The number of carbonyl (C=O) groups excluding carboxylic acids is 4. The Kier molecular flexibility index (Phi) is 7.15. The van der Waals surface area contributed by atoms with E-state index < -0.39 is 29.7 Å². The van der Waals surface area contributed by atoms with Gasteiger partial charge < -0.3 is 10.4 Å². The molecule has 252 valence electrons. The van der Waals surface area contributed by atoms with Crippen LogP contribution in [-0.4, -0.2) is 76.9 Å². The number of aliphatic hydroxyl groups is 1. The third-order valence-electron chi connectivity index (χ3n) is 11.1. The molecule has 3 aromatic heterocycles. The van der Waals surface area contributed by atoms with E-state index in [9.17, 15) is 24.3 Å². The second-order valence-corrected chi connectivity index (χ2v) is 14.4. The van der Waals surface area contributed by atoms with Crippen molar-refractivity contribution in [3.63, 3.8) is 0 Å². The van der Waals surface area contributed by atoms with Crippen LogP contribution in [0, 0.1) is 5.92 Å². The molecule has 13 heteroatoms. The van der Waals surface area contributed by atoms with Gasteiger partial charge in [0.1, 0.15) is 6.04 Å². The molecule has 3 saturated carbocycles. The smallest absolute Gasteiger partial charge is 0.262 e. The molecular weight excluding hydrogens is 624 g/mol. The van der Waals surface area contributed by atoms with Gasteiger partial charge in [0.25, 0.3) is 11.8 Å². The van der Waals surface area contributed by atoms with E-state index >= 15 is 0 Å². The molecule has 5 heterocycles. The molecule has 1 saturated heterocycles. The molecular formula is C36H38N8O5. The molecule has 49 heavy (non-hydrogen) atoms. The third kappa shape index (κ3) is 5.31. The first-order valence-corrected chi connectivity index (χ1v) is 17.5. The number of nitrogens with one attached hydrogen (secondary N) is 2. The number of benzene rings is 1. The van der Waals surface area contributed by atoms with E-state index in [-0.39, 0.29) is 36.1 Å². The molecule has 9 rings (SSSR count). The Morgan fingerprint density at radius 1 is 0.878 bits per heavy atom. The number of amides is 4. The fraction of sp³-hybridized carbons (Fsp3) is 0.472. The molecule has 2 aliphatic heterocycles. The quantitative estimate of drug-likeness (QED) is 0.236. The van der Waals surface area contributed by atoms with Gasteiger partial charge in [-0.15, -0.1) is 0 Å². The predicted octanol–water partition coefficient (Wildman–Crippen LogP) is 4.11. The Bertz CT molecular complexity index is 2020. The standard InChI is InChI=1S/C36H38N8O5/c45-25-6-4-23(5-7-25)44-31-14-29(38-16-21(31)17-39-44)28-18-42(41-33(28)20-1-2-20)24-11-19(12-24)15-37-22-3-8-26-27(13-22)36(49)43(35(26)48)30-9-10-32(46)40-34(30)47/h3,8,13-14,16-20,23-25,30,37,45H,1-2,4-7,9-12,15H2,(H,40,46,47). The van der Waals surface area contributed by atoms with Gasteiger partial charge in [-0.2, -0.15) is 10.2 Å². The average molecular weight is 663 g/mol. The largest absolute Gasteiger partial charge is 0.393 e. The van der Waals surface area contributed by atoms with Crippen LogP contribution in [0.5, 0.6) is 0 Å². The van der Waals surface area contributed by atoms with Gasteiger partial charge >= 0.3 is 0 Å². The van der Waals surface area contributed by atoms with Crippen LogP contribution < -0.4 is 10.6 Å². The lowest BCUT2D eigenvalue weighted by molar-refractivity contribution is -0.136. The van der Waals surface area contributed by atoms with Gasteiger partial charge in [-0.25, -0.2) is 0 Å². The van der Waals surface area contributed by atoms with E-state index in [1.165, 1.54) is 0 Å². The second-order valence-electron chi connectivity index (χ2n) is 14.4. The maximum Gasteiger partial charge on any atom is 0.262 e. The molecule has 3 N–H and O–H groups in total. The highest BCUT2D eigenvalue weighted by Gasteiger charge is 2.45. The maximum atomic E-state index is 13.2. The number of hydrogen-bond acceptors (Lipinski definition) is 9. The number of hydrogen-bond donors (Lipinski definition) is 3. The van der Waals surface area contributed by atoms with Crippen LogP contribution in [0.25, 0.3) is 22.2 Å². The third-order valence-corrected chi connectivity index (χ3v) is 11.1. The highest BCUT2D eigenvalue weighted by molar-refractivity contribution is 6.23. The van der Waals surface area contributed by atoms with Crippen molar-refractivity contribution in [2.24, 2.45) is 5.92 Å². The average Bonchev–Trinajstić information content (AvgIpc) is 3.61. The van der Waals surface area contributed by atoms with Crippen LogP contribution >= 0.6 is 0 Å². The number of aromatic nitrogens is 5. The lowest BCUT2D eigenvalue weighted by atomic mass is 9.80. The summed E-state index contributed by atoms with van der Waals surface area (Å²) in [6, 6.07) is 6.88. The van der Waals surface area contributed by atoms with Gasteiger partial charge in [-0.3, -0.25) is 43.7 Å². The van der Waals surface area contributed by atoms with Crippen molar-refractivity contribution in [3.8, 4) is 11.3 Å². The van der Waals surface area contributed by atoms with Crippen LogP contribution in [0.2, 0.25) is 0 Å². The Morgan fingerprint density at radius 3 is 2.45 bits per heavy atom. The molecule has 0 radical (unpaired) electrons. The van der Waals surface area contributed by atoms with Gasteiger partial charge in [0, 0.05) is 47.9 Å².